The maximum absolute atomic E-state index is 13.4. The Kier molecular flexibility index (Phi) is 8.84. The molecule has 4 nitrogen and oxygen atoms in total. The molecule has 0 saturated heterocycles. The molecule has 2 N–H and O–H groups in total. The highest BCUT2D eigenvalue weighted by molar-refractivity contribution is 9.10. The summed E-state index contributed by atoms with van der Waals surface area (Å²) in [7, 11) is 1.43. The van der Waals surface area contributed by atoms with Gasteiger partial charge in [0.25, 0.3) is 0 Å². The van der Waals surface area contributed by atoms with Crippen LogP contribution in [-0.4, -0.2) is 32.2 Å². The number of nitrogens with one attached hydrogen (secondary N) is 2. The zero-order valence-electron chi connectivity index (χ0n) is 15.0. The van der Waals surface area contributed by atoms with E-state index in [1.807, 2.05) is 30.7 Å². The van der Waals surface area contributed by atoms with Crippen LogP contribution in [0.4, 0.5) is 8.78 Å². The third-order valence-corrected chi connectivity index (χ3v) is 4.26. The number of carbonyl (C=O) groups is 1. The van der Waals surface area contributed by atoms with Crippen LogP contribution in [0, 0.1) is 18.1 Å². The van der Waals surface area contributed by atoms with Crippen LogP contribution in [0.25, 0.3) is 0 Å². The molecule has 1 atom stereocenters. The summed E-state index contributed by atoms with van der Waals surface area (Å²) in [5, 5.41) is 6.07. The molecule has 0 aliphatic rings. The Morgan fingerprint density at radius 1 is 1.19 bits per heavy atom. The van der Waals surface area contributed by atoms with Crippen molar-refractivity contribution >= 4 is 21.8 Å². The minimum absolute atomic E-state index is 0.0761. The Morgan fingerprint density at radius 2 is 1.93 bits per heavy atom. The molecule has 0 fully saturated rings. The molecule has 1 amide bonds. The van der Waals surface area contributed by atoms with Crippen LogP contribution in [0.1, 0.15) is 11.1 Å². The topological polar surface area (TPSA) is 50.4 Å². The van der Waals surface area contributed by atoms with Crippen LogP contribution in [-0.2, 0) is 22.5 Å². The Bertz CT molecular complexity index is 738. The lowest BCUT2D eigenvalue weighted by molar-refractivity contribution is -0.125. The predicted octanol–water partition coefficient (Wildman–Crippen LogP) is 3.40. The van der Waals surface area contributed by atoms with Crippen molar-refractivity contribution in [2.75, 3.05) is 20.3 Å². The van der Waals surface area contributed by atoms with Gasteiger partial charge in [-0.2, -0.15) is 0 Å². The molecule has 145 valence electrons. The molecule has 0 unspecified atom stereocenters. The van der Waals surface area contributed by atoms with Gasteiger partial charge < -0.3 is 15.4 Å². The maximum atomic E-state index is 13.4. The number of amides is 1. The van der Waals surface area contributed by atoms with Gasteiger partial charge in [0.2, 0.25) is 5.91 Å². The second-order valence-electron chi connectivity index (χ2n) is 6.09. The van der Waals surface area contributed by atoms with Crippen molar-refractivity contribution < 1.29 is 18.3 Å². The van der Waals surface area contributed by atoms with Crippen LogP contribution >= 0.6 is 15.9 Å². The summed E-state index contributed by atoms with van der Waals surface area (Å²) in [5.41, 5.74) is 1.59. The largest absolute Gasteiger partial charge is 0.375 e. The molecule has 0 heterocycles. The van der Waals surface area contributed by atoms with Crippen LogP contribution in [0.2, 0.25) is 0 Å². The van der Waals surface area contributed by atoms with E-state index in [-0.39, 0.29) is 25.0 Å². The minimum atomic E-state index is -0.639. The van der Waals surface area contributed by atoms with E-state index in [1.54, 1.807) is 0 Å². The number of methoxy groups -OCH3 is 1. The zero-order chi connectivity index (χ0) is 19.6. The van der Waals surface area contributed by atoms with Crippen molar-refractivity contribution in [1.82, 2.24) is 10.6 Å². The molecule has 0 aromatic heterocycles. The van der Waals surface area contributed by atoms with Crippen LogP contribution in [0.15, 0.2) is 46.9 Å². The SMILES string of the molecule is COCC(=O)N[C@H]([CH]CNCc1cccc(Br)c1)Cc1cc(F)cc(F)c1. The predicted molar refractivity (Wildman–Crippen MR) is 104 cm³/mol. The van der Waals surface area contributed by atoms with Gasteiger partial charge in [0.15, 0.2) is 0 Å². The molecule has 0 spiro atoms. The highest BCUT2D eigenvalue weighted by Crippen LogP contribution is 2.12. The average molecular weight is 440 g/mol. The summed E-state index contributed by atoms with van der Waals surface area (Å²) in [6.45, 7) is 1.10. The highest BCUT2D eigenvalue weighted by atomic mass is 79.9. The van der Waals surface area contributed by atoms with E-state index in [4.69, 9.17) is 4.74 Å². The van der Waals surface area contributed by atoms with Gasteiger partial charge in [-0.1, -0.05) is 28.1 Å². The third-order valence-electron chi connectivity index (χ3n) is 3.76. The second-order valence-corrected chi connectivity index (χ2v) is 7.00. The van der Waals surface area contributed by atoms with Gasteiger partial charge in [0.05, 0.1) is 0 Å². The van der Waals surface area contributed by atoms with Gasteiger partial charge in [-0.25, -0.2) is 8.78 Å². The Balaban J connectivity index is 1.91. The smallest absolute Gasteiger partial charge is 0.246 e. The molecule has 2 aromatic carbocycles. The number of carbonyl (C=O) groups excluding carboxylic acids is 1. The van der Waals surface area contributed by atoms with E-state index in [9.17, 15) is 13.6 Å². The first-order chi connectivity index (χ1) is 13.0. The van der Waals surface area contributed by atoms with Gasteiger partial charge in [-0.3, -0.25) is 4.79 Å². The average Bonchev–Trinajstić information content (AvgIpc) is 2.58. The number of hydrogen-bond acceptors (Lipinski definition) is 3. The van der Waals surface area contributed by atoms with Gasteiger partial charge in [-0.05, 0) is 48.2 Å². The lowest BCUT2D eigenvalue weighted by Gasteiger charge is -2.19. The molecular weight excluding hydrogens is 418 g/mol. The van der Waals surface area contributed by atoms with Crippen molar-refractivity contribution in [3.63, 3.8) is 0 Å². The van der Waals surface area contributed by atoms with Gasteiger partial charge in [0.1, 0.15) is 18.2 Å². The summed E-state index contributed by atoms with van der Waals surface area (Å²) >= 11 is 3.43. The van der Waals surface area contributed by atoms with Gasteiger partial charge in [0, 0.05) is 36.8 Å². The number of benzene rings is 2. The Labute approximate surface area is 166 Å². The number of rotatable bonds is 10. The summed E-state index contributed by atoms with van der Waals surface area (Å²) in [4.78, 5) is 11.8. The van der Waals surface area contributed by atoms with Crippen molar-refractivity contribution in [2.45, 2.75) is 19.0 Å². The van der Waals surface area contributed by atoms with E-state index in [2.05, 4.69) is 26.6 Å². The van der Waals surface area contributed by atoms with E-state index >= 15 is 0 Å². The second kappa shape index (κ2) is 11.1. The minimum Gasteiger partial charge on any atom is -0.375 e. The molecule has 7 heteroatoms. The number of hydrogen-bond donors (Lipinski definition) is 2. The van der Waals surface area contributed by atoms with Gasteiger partial charge in [-0.15, -0.1) is 0 Å². The first-order valence-electron chi connectivity index (χ1n) is 8.48. The molecule has 0 saturated carbocycles. The first kappa shape index (κ1) is 21.5. The third kappa shape index (κ3) is 8.15. The fraction of sp³-hybridized carbons (Fsp3) is 0.300. The van der Waals surface area contributed by atoms with E-state index in [0.717, 1.165) is 16.1 Å². The normalized spacial score (nSPS) is 12.0. The van der Waals surface area contributed by atoms with E-state index < -0.39 is 11.6 Å². The van der Waals surface area contributed by atoms with Crippen molar-refractivity contribution in [2.24, 2.45) is 0 Å². The summed E-state index contributed by atoms with van der Waals surface area (Å²) in [6.07, 6.45) is 2.15. The first-order valence-corrected chi connectivity index (χ1v) is 9.27. The lowest BCUT2D eigenvalue weighted by Crippen LogP contribution is -2.40. The zero-order valence-corrected chi connectivity index (χ0v) is 16.6. The van der Waals surface area contributed by atoms with Crippen LogP contribution < -0.4 is 10.6 Å². The van der Waals surface area contributed by atoms with Crippen LogP contribution in [0.5, 0.6) is 0 Å². The summed E-state index contributed by atoms with van der Waals surface area (Å²) in [5.74, 6) is -1.57. The molecule has 0 aliphatic heterocycles. The fourth-order valence-electron chi connectivity index (χ4n) is 2.64. The number of ether oxygens (including phenoxy) is 1. The van der Waals surface area contributed by atoms with Crippen molar-refractivity contribution in [3.05, 3.63) is 76.1 Å². The molecule has 0 bridgehead atoms. The fourth-order valence-corrected chi connectivity index (χ4v) is 3.09. The standard InChI is InChI=1S/C20H22BrF2N2O2/c1-27-13-20(26)25-19(10-15-8-17(22)11-18(23)9-15)5-6-24-12-14-3-2-4-16(21)7-14/h2-5,7-9,11,19,24H,6,10,12-13H2,1H3,(H,25,26)/t19-/m1/s1. The molecule has 2 aromatic rings. The number of halogens is 3. The molecular formula is C20H22BrF2N2O2. The summed E-state index contributed by atoms with van der Waals surface area (Å²) < 4.78 is 32.7. The molecule has 27 heavy (non-hydrogen) atoms. The van der Waals surface area contributed by atoms with E-state index in [0.29, 0.717) is 18.7 Å². The molecule has 2 rings (SSSR count). The molecule has 0 aliphatic carbocycles. The highest BCUT2D eigenvalue weighted by Gasteiger charge is 2.14. The Hall–Kier alpha value is -1.83. The van der Waals surface area contributed by atoms with Crippen molar-refractivity contribution in [3.8, 4) is 0 Å². The lowest BCUT2D eigenvalue weighted by atomic mass is 10.0. The molecule has 1 radical (unpaired) electrons. The quantitative estimate of drug-likeness (QED) is 0.557. The van der Waals surface area contributed by atoms with Crippen molar-refractivity contribution in [1.29, 1.82) is 0 Å². The van der Waals surface area contributed by atoms with Gasteiger partial charge >= 0.3 is 0 Å². The Morgan fingerprint density at radius 3 is 2.59 bits per heavy atom. The monoisotopic (exact) mass is 439 g/mol. The summed E-state index contributed by atoms with van der Waals surface area (Å²) in [6, 6.07) is 10.9. The maximum Gasteiger partial charge on any atom is 0.246 e. The van der Waals surface area contributed by atoms with E-state index in [1.165, 1.54) is 19.2 Å². The van der Waals surface area contributed by atoms with Crippen LogP contribution in [0.3, 0.4) is 0 Å².